The van der Waals surface area contributed by atoms with E-state index in [1.54, 1.807) is 24.3 Å². The number of amides is 2. The van der Waals surface area contributed by atoms with Crippen molar-refractivity contribution in [2.24, 2.45) is 0 Å². The van der Waals surface area contributed by atoms with Crippen LogP contribution in [0.15, 0.2) is 97.6 Å². The van der Waals surface area contributed by atoms with Gasteiger partial charge in [-0.1, -0.05) is 0 Å². The molecular formula is C28H20F6N4O2. The Morgan fingerprint density at radius 2 is 0.825 bits per heavy atom. The van der Waals surface area contributed by atoms with Crippen LogP contribution in [0.1, 0.15) is 55.1 Å². The zero-order valence-electron chi connectivity index (χ0n) is 20.4. The van der Waals surface area contributed by atoms with Gasteiger partial charge in [-0.25, -0.2) is 0 Å². The lowest BCUT2D eigenvalue weighted by atomic mass is 9.93. The maximum Gasteiger partial charge on any atom is 0.416 e. The van der Waals surface area contributed by atoms with Crippen molar-refractivity contribution >= 4 is 11.8 Å². The molecule has 4 rings (SSSR count). The monoisotopic (exact) mass is 558 g/mol. The van der Waals surface area contributed by atoms with Crippen molar-refractivity contribution in [3.05, 3.63) is 131 Å². The van der Waals surface area contributed by atoms with Crippen molar-refractivity contribution in [2.75, 3.05) is 0 Å². The van der Waals surface area contributed by atoms with Crippen molar-refractivity contribution in [1.29, 1.82) is 0 Å². The Bertz CT molecular complexity index is 1330. The van der Waals surface area contributed by atoms with Gasteiger partial charge in [0.05, 0.1) is 23.2 Å². The van der Waals surface area contributed by atoms with E-state index in [1.807, 2.05) is 0 Å². The number of pyridine rings is 2. The Balaban J connectivity index is 1.68. The molecule has 2 N–H and O–H groups in total. The second kappa shape index (κ2) is 11.6. The van der Waals surface area contributed by atoms with Gasteiger partial charge in [0.2, 0.25) is 0 Å². The Morgan fingerprint density at radius 3 is 1.10 bits per heavy atom. The molecule has 2 amide bonds. The normalized spacial score (nSPS) is 13.2. The lowest BCUT2D eigenvalue weighted by molar-refractivity contribution is -0.138. The van der Waals surface area contributed by atoms with Gasteiger partial charge in [0.25, 0.3) is 11.8 Å². The van der Waals surface area contributed by atoms with Crippen LogP contribution in [0.5, 0.6) is 0 Å². The number of carbonyl (C=O) groups is 2. The number of nitrogens with zero attached hydrogens (tertiary/aromatic N) is 2. The Morgan fingerprint density at radius 1 is 0.525 bits per heavy atom. The van der Waals surface area contributed by atoms with Gasteiger partial charge in [-0.15, -0.1) is 0 Å². The van der Waals surface area contributed by atoms with E-state index in [0.29, 0.717) is 11.1 Å². The van der Waals surface area contributed by atoms with E-state index in [0.717, 1.165) is 48.5 Å². The predicted molar refractivity (Wildman–Crippen MR) is 132 cm³/mol. The van der Waals surface area contributed by atoms with Crippen LogP contribution in [-0.4, -0.2) is 21.8 Å². The minimum atomic E-state index is -4.58. The summed E-state index contributed by atoms with van der Waals surface area (Å²) < 4.78 is 77.9. The van der Waals surface area contributed by atoms with Gasteiger partial charge in [0.15, 0.2) is 0 Å². The summed E-state index contributed by atoms with van der Waals surface area (Å²) in [5.74, 6) is -1.45. The first-order valence-corrected chi connectivity index (χ1v) is 11.7. The number of rotatable bonds is 7. The van der Waals surface area contributed by atoms with Gasteiger partial charge in [-0.05, 0) is 83.9 Å². The van der Waals surface area contributed by atoms with Crippen molar-refractivity contribution in [2.45, 2.75) is 24.4 Å². The summed E-state index contributed by atoms with van der Waals surface area (Å²) >= 11 is 0. The van der Waals surface area contributed by atoms with E-state index in [1.165, 1.54) is 24.8 Å². The van der Waals surface area contributed by atoms with Gasteiger partial charge in [0.1, 0.15) is 0 Å². The Labute approximate surface area is 224 Å². The first kappa shape index (κ1) is 28.3. The van der Waals surface area contributed by atoms with Crippen molar-refractivity contribution in [3.63, 3.8) is 0 Å². The van der Waals surface area contributed by atoms with E-state index in [-0.39, 0.29) is 11.1 Å². The summed E-state index contributed by atoms with van der Waals surface area (Å²) in [6.45, 7) is 0. The molecule has 0 spiro atoms. The minimum Gasteiger partial charge on any atom is -0.343 e. The molecule has 0 bridgehead atoms. The average molecular weight is 558 g/mol. The highest BCUT2D eigenvalue weighted by Crippen LogP contribution is 2.32. The number of benzene rings is 2. The number of carbonyl (C=O) groups excluding carboxylic acids is 2. The molecule has 0 aliphatic carbocycles. The number of hydrogen-bond donors (Lipinski definition) is 2. The molecular weight excluding hydrogens is 538 g/mol. The average Bonchev–Trinajstić information content (AvgIpc) is 2.95. The van der Waals surface area contributed by atoms with Gasteiger partial charge < -0.3 is 10.6 Å². The molecule has 2 aromatic carbocycles. The third-order valence-corrected chi connectivity index (χ3v) is 5.99. The zero-order chi connectivity index (χ0) is 28.9. The van der Waals surface area contributed by atoms with E-state index >= 15 is 0 Å². The molecule has 0 aliphatic heterocycles. The van der Waals surface area contributed by atoms with Crippen LogP contribution in [0.25, 0.3) is 0 Å². The number of alkyl halides is 6. The largest absolute Gasteiger partial charge is 0.416 e. The number of halogens is 6. The highest BCUT2D eigenvalue weighted by atomic mass is 19.4. The van der Waals surface area contributed by atoms with Crippen LogP contribution < -0.4 is 10.6 Å². The summed E-state index contributed by atoms with van der Waals surface area (Å²) in [6.07, 6.45) is -3.35. The van der Waals surface area contributed by atoms with E-state index in [9.17, 15) is 35.9 Å². The third kappa shape index (κ3) is 6.82. The van der Waals surface area contributed by atoms with E-state index in [2.05, 4.69) is 20.6 Å². The molecule has 2 heterocycles. The molecule has 2 unspecified atom stereocenters. The summed E-state index contributed by atoms with van der Waals surface area (Å²) in [4.78, 5) is 34.3. The highest BCUT2D eigenvalue weighted by Gasteiger charge is 2.33. The second-order valence-corrected chi connectivity index (χ2v) is 8.61. The third-order valence-electron chi connectivity index (χ3n) is 5.99. The number of hydrogen-bond acceptors (Lipinski definition) is 4. The van der Waals surface area contributed by atoms with Gasteiger partial charge in [-0.2, -0.15) is 26.3 Å². The fraction of sp³-hybridized carbons (Fsp3) is 0.143. The topological polar surface area (TPSA) is 84.0 Å². The van der Waals surface area contributed by atoms with Crippen LogP contribution in [0.2, 0.25) is 0 Å². The minimum absolute atomic E-state index is 0.0606. The van der Waals surface area contributed by atoms with Crippen LogP contribution >= 0.6 is 0 Å². The smallest absolute Gasteiger partial charge is 0.343 e. The van der Waals surface area contributed by atoms with Crippen LogP contribution in [0, 0.1) is 0 Å². The van der Waals surface area contributed by atoms with Gasteiger partial charge in [-0.3, -0.25) is 19.6 Å². The summed E-state index contributed by atoms with van der Waals surface area (Å²) in [6, 6.07) is 11.6. The maximum absolute atomic E-state index is 13.2. The number of aromatic nitrogens is 2. The van der Waals surface area contributed by atoms with E-state index in [4.69, 9.17) is 0 Å². The molecule has 0 aliphatic rings. The quantitative estimate of drug-likeness (QED) is 0.266. The molecule has 0 radical (unpaired) electrons. The fourth-order valence-corrected chi connectivity index (χ4v) is 3.93. The molecule has 206 valence electrons. The van der Waals surface area contributed by atoms with Crippen molar-refractivity contribution < 1.29 is 35.9 Å². The Hall–Kier alpha value is -4.74. The number of nitrogens with one attached hydrogen (secondary N) is 2. The Kier molecular flexibility index (Phi) is 8.17. The highest BCUT2D eigenvalue weighted by molar-refractivity contribution is 5.96. The fourth-order valence-electron chi connectivity index (χ4n) is 3.93. The lowest BCUT2D eigenvalue weighted by Crippen LogP contribution is -2.41. The lowest BCUT2D eigenvalue weighted by Gasteiger charge is -2.30. The molecule has 12 heteroatoms. The standard InChI is InChI=1S/C28H20F6N4O2/c29-27(30,31)21-5-1-19(2-6-21)25(39)37-23(17-9-13-35-14-10-17)24(18-11-15-36-16-12-18)38-26(40)20-3-7-22(8-4-20)28(32,33)34/h1-16,23-24H,(H,37,39)(H,38,40). The molecule has 4 aromatic rings. The molecule has 2 atom stereocenters. The van der Waals surface area contributed by atoms with Crippen LogP contribution in [0.3, 0.4) is 0 Å². The van der Waals surface area contributed by atoms with Crippen molar-refractivity contribution in [3.8, 4) is 0 Å². The summed E-state index contributed by atoms with van der Waals surface area (Å²) in [5, 5.41) is 5.52. The second-order valence-electron chi connectivity index (χ2n) is 8.61. The SMILES string of the molecule is O=C(NC(c1ccncc1)C(NC(=O)c1ccc(C(F)(F)F)cc1)c1ccncc1)c1ccc(C(F)(F)F)cc1. The van der Waals surface area contributed by atoms with Gasteiger partial charge in [0, 0.05) is 35.9 Å². The molecule has 0 saturated carbocycles. The van der Waals surface area contributed by atoms with Crippen LogP contribution in [-0.2, 0) is 12.4 Å². The van der Waals surface area contributed by atoms with Gasteiger partial charge >= 0.3 is 12.4 Å². The molecule has 40 heavy (non-hydrogen) atoms. The van der Waals surface area contributed by atoms with Crippen LogP contribution in [0.4, 0.5) is 26.3 Å². The summed E-state index contributed by atoms with van der Waals surface area (Å²) in [7, 11) is 0. The predicted octanol–water partition coefficient (Wildman–Crippen LogP) is 6.16. The molecule has 0 saturated heterocycles. The molecule has 2 aromatic heterocycles. The molecule has 6 nitrogen and oxygen atoms in total. The first-order chi connectivity index (χ1) is 18.9. The van der Waals surface area contributed by atoms with Crippen molar-refractivity contribution in [1.82, 2.24) is 20.6 Å². The molecule has 0 fully saturated rings. The first-order valence-electron chi connectivity index (χ1n) is 11.7. The zero-order valence-corrected chi connectivity index (χ0v) is 20.4. The van der Waals surface area contributed by atoms with E-state index < -0.39 is 47.4 Å². The summed E-state index contributed by atoms with van der Waals surface area (Å²) in [5.41, 5.74) is -0.986. The maximum atomic E-state index is 13.2.